The van der Waals surface area contributed by atoms with Gasteiger partial charge >= 0.3 is 6.01 Å². The quantitative estimate of drug-likeness (QED) is 0.572. The molecular weight excluding hydrogens is 394 g/mol. The van der Waals surface area contributed by atoms with Gasteiger partial charge in [-0.15, -0.1) is 5.10 Å². The van der Waals surface area contributed by atoms with Crippen LogP contribution >= 0.6 is 0 Å². The number of hydrogen-bond acceptors (Lipinski definition) is 7. The van der Waals surface area contributed by atoms with Crippen LogP contribution in [0.25, 0.3) is 0 Å². The zero-order chi connectivity index (χ0) is 20.7. The van der Waals surface area contributed by atoms with Crippen LogP contribution in [0.5, 0.6) is 5.75 Å². The van der Waals surface area contributed by atoms with Gasteiger partial charge in [-0.3, -0.25) is 10.1 Å². The number of amides is 1. The number of aryl methyl sites for hydroxylation is 1. The molecule has 3 rings (SSSR count). The van der Waals surface area contributed by atoms with Crippen LogP contribution in [0.4, 0.5) is 6.01 Å². The van der Waals surface area contributed by atoms with Crippen molar-refractivity contribution in [1.29, 1.82) is 0 Å². The van der Waals surface area contributed by atoms with Gasteiger partial charge in [-0.1, -0.05) is 35.4 Å². The third-order valence-electron chi connectivity index (χ3n) is 4.00. The highest BCUT2D eigenvalue weighted by molar-refractivity contribution is 7.91. The molecule has 29 heavy (non-hydrogen) atoms. The maximum Gasteiger partial charge on any atom is 0.322 e. The van der Waals surface area contributed by atoms with E-state index in [9.17, 15) is 13.2 Å². The van der Waals surface area contributed by atoms with Crippen LogP contribution in [0.15, 0.2) is 63.9 Å². The third-order valence-corrected chi connectivity index (χ3v) is 5.73. The molecule has 9 heteroatoms. The average Bonchev–Trinajstić information content (AvgIpc) is 3.16. The molecule has 0 unspecified atom stereocenters. The zero-order valence-electron chi connectivity index (χ0n) is 15.9. The van der Waals surface area contributed by atoms with Crippen molar-refractivity contribution in [3.8, 4) is 5.75 Å². The molecule has 1 amide bonds. The lowest BCUT2D eigenvalue weighted by Crippen LogP contribution is -2.14. The molecule has 0 fully saturated rings. The van der Waals surface area contributed by atoms with E-state index in [-0.39, 0.29) is 41.3 Å². The Hall–Kier alpha value is -3.20. The van der Waals surface area contributed by atoms with E-state index in [4.69, 9.17) is 9.15 Å². The minimum atomic E-state index is -3.45. The van der Waals surface area contributed by atoms with Gasteiger partial charge in [-0.25, -0.2) is 8.42 Å². The Labute approximate surface area is 168 Å². The van der Waals surface area contributed by atoms with Gasteiger partial charge in [0.2, 0.25) is 11.8 Å². The van der Waals surface area contributed by atoms with Crippen molar-refractivity contribution in [2.24, 2.45) is 0 Å². The number of aromatic nitrogens is 2. The van der Waals surface area contributed by atoms with E-state index in [1.165, 1.54) is 12.1 Å². The summed E-state index contributed by atoms with van der Waals surface area (Å²) < 4.78 is 35.3. The standard InChI is InChI=1S/C20H21N3O5S/c1-2-27-16-10-8-15(9-11-16)14-18(24)21-20-23-22-19(28-20)12-13-29(25,26)17-6-4-3-5-7-17/h3-11H,2,12-14H2,1H3,(H,21,23,24). The Morgan fingerprint density at radius 3 is 2.48 bits per heavy atom. The Bertz CT molecular complexity index is 1050. The number of sulfone groups is 1. The molecular formula is C20H21N3O5S. The Balaban J connectivity index is 1.52. The molecule has 0 radical (unpaired) electrons. The second-order valence-corrected chi connectivity index (χ2v) is 8.29. The van der Waals surface area contributed by atoms with E-state index in [1.54, 1.807) is 42.5 Å². The lowest BCUT2D eigenvalue weighted by Gasteiger charge is -2.04. The van der Waals surface area contributed by atoms with Crippen LogP contribution in [-0.2, 0) is 27.5 Å². The molecule has 8 nitrogen and oxygen atoms in total. The molecule has 0 aliphatic carbocycles. The van der Waals surface area contributed by atoms with Crippen LogP contribution in [0.3, 0.4) is 0 Å². The molecule has 1 heterocycles. The van der Waals surface area contributed by atoms with E-state index < -0.39 is 9.84 Å². The SMILES string of the molecule is CCOc1ccc(CC(=O)Nc2nnc(CCS(=O)(=O)c3ccccc3)o2)cc1. The second-order valence-electron chi connectivity index (χ2n) is 6.18. The normalized spacial score (nSPS) is 11.2. The van der Waals surface area contributed by atoms with Gasteiger partial charge in [0.05, 0.1) is 23.7 Å². The van der Waals surface area contributed by atoms with Crippen molar-refractivity contribution in [1.82, 2.24) is 10.2 Å². The smallest absolute Gasteiger partial charge is 0.322 e. The first-order valence-electron chi connectivity index (χ1n) is 9.08. The fourth-order valence-corrected chi connectivity index (χ4v) is 3.84. The van der Waals surface area contributed by atoms with Crippen LogP contribution in [0.1, 0.15) is 18.4 Å². The molecule has 0 bridgehead atoms. The lowest BCUT2D eigenvalue weighted by molar-refractivity contribution is -0.115. The molecule has 152 valence electrons. The first-order chi connectivity index (χ1) is 14.0. The van der Waals surface area contributed by atoms with Crippen LogP contribution in [-0.4, -0.2) is 36.9 Å². The first kappa shape index (κ1) is 20.5. The number of rotatable bonds is 9. The number of hydrogen-bond donors (Lipinski definition) is 1. The summed E-state index contributed by atoms with van der Waals surface area (Å²) in [5.41, 5.74) is 0.805. The monoisotopic (exact) mass is 415 g/mol. The Morgan fingerprint density at radius 1 is 1.07 bits per heavy atom. The maximum absolute atomic E-state index is 12.3. The number of carbonyl (C=O) groups excluding carboxylic acids is 1. The topological polar surface area (TPSA) is 111 Å². The van der Waals surface area contributed by atoms with Gasteiger partial charge in [-0.2, -0.15) is 0 Å². The zero-order valence-corrected chi connectivity index (χ0v) is 16.7. The van der Waals surface area contributed by atoms with Crippen LogP contribution in [0, 0.1) is 0 Å². The molecule has 0 aliphatic heterocycles. The average molecular weight is 415 g/mol. The van der Waals surface area contributed by atoms with E-state index >= 15 is 0 Å². The van der Waals surface area contributed by atoms with Crippen molar-refractivity contribution >= 4 is 21.8 Å². The van der Waals surface area contributed by atoms with Crippen LogP contribution in [0.2, 0.25) is 0 Å². The van der Waals surface area contributed by atoms with Gasteiger partial charge in [0, 0.05) is 6.42 Å². The summed E-state index contributed by atoms with van der Waals surface area (Å²) in [6.45, 7) is 2.48. The van der Waals surface area contributed by atoms with Crippen molar-refractivity contribution in [3.05, 3.63) is 66.1 Å². The predicted molar refractivity (Wildman–Crippen MR) is 106 cm³/mol. The number of ether oxygens (including phenoxy) is 1. The first-order valence-corrected chi connectivity index (χ1v) is 10.7. The van der Waals surface area contributed by atoms with E-state index in [0.717, 1.165) is 11.3 Å². The predicted octanol–water partition coefficient (Wildman–Crippen LogP) is 2.67. The van der Waals surface area contributed by atoms with Gasteiger partial charge in [0.25, 0.3) is 0 Å². The van der Waals surface area contributed by atoms with E-state index in [2.05, 4.69) is 15.5 Å². The molecule has 1 aromatic heterocycles. The molecule has 2 aromatic carbocycles. The fraction of sp³-hybridized carbons (Fsp3) is 0.250. The van der Waals surface area contributed by atoms with Gasteiger partial charge in [-0.05, 0) is 36.8 Å². The lowest BCUT2D eigenvalue weighted by atomic mass is 10.1. The number of nitrogens with zero attached hydrogens (tertiary/aromatic N) is 2. The minimum Gasteiger partial charge on any atom is -0.494 e. The summed E-state index contributed by atoms with van der Waals surface area (Å²) >= 11 is 0. The second kappa shape index (κ2) is 9.33. The van der Waals surface area contributed by atoms with Gasteiger partial charge < -0.3 is 9.15 Å². The van der Waals surface area contributed by atoms with E-state index in [0.29, 0.717) is 6.61 Å². The number of anilines is 1. The highest BCUT2D eigenvalue weighted by Crippen LogP contribution is 2.15. The molecule has 0 atom stereocenters. The Kier molecular flexibility index (Phi) is 6.61. The molecule has 0 saturated carbocycles. The van der Waals surface area contributed by atoms with Crippen molar-refractivity contribution < 1.29 is 22.4 Å². The van der Waals surface area contributed by atoms with Crippen LogP contribution < -0.4 is 10.1 Å². The van der Waals surface area contributed by atoms with Gasteiger partial charge in [0.1, 0.15) is 5.75 Å². The summed E-state index contributed by atoms with van der Waals surface area (Å²) in [6.07, 6.45) is 0.186. The molecule has 0 spiro atoms. The molecule has 0 saturated heterocycles. The molecule has 0 aliphatic rings. The number of nitrogens with one attached hydrogen (secondary N) is 1. The van der Waals surface area contributed by atoms with Gasteiger partial charge in [0.15, 0.2) is 9.84 Å². The summed E-state index contributed by atoms with van der Waals surface area (Å²) in [7, 11) is -3.45. The summed E-state index contributed by atoms with van der Waals surface area (Å²) in [5, 5.41) is 10.1. The number of benzene rings is 2. The van der Waals surface area contributed by atoms with Crippen molar-refractivity contribution in [3.63, 3.8) is 0 Å². The Morgan fingerprint density at radius 2 is 1.79 bits per heavy atom. The highest BCUT2D eigenvalue weighted by Gasteiger charge is 2.17. The molecule has 3 aromatic rings. The largest absolute Gasteiger partial charge is 0.494 e. The maximum atomic E-state index is 12.3. The minimum absolute atomic E-state index is 0.0546. The fourth-order valence-electron chi connectivity index (χ4n) is 2.59. The van der Waals surface area contributed by atoms with Crippen molar-refractivity contribution in [2.45, 2.75) is 24.7 Å². The number of carbonyl (C=O) groups is 1. The summed E-state index contributed by atoms with van der Waals surface area (Å²) in [6, 6.07) is 15.3. The van der Waals surface area contributed by atoms with Crippen molar-refractivity contribution in [2.75, 3.05) is 17.7 Å². The third kappa shape index (κ3) is 5.89. The molecule has 1 N–H and O–H groups in total. The summed E-state index contributed by atoms with van der Waals surface area (Å²) in [4.78, 5) is 12.4. The highest BCUT2D eigenvalue weighted by atomic mass is 32.2. The summed E-state index contributed by atoms with van der Waals surface area (Å²) in [5.74, 6) is 0.393. The van der Waals surface area contributed by atoms with E-state index in [1.807, 2.05) is 6.92 Å².